The van der Waals surface area contributed by atoms with Crippen LogP contribution in [0.25, 0.3) is 22.2 Å². The van der Waals surface area contributed by atoms with Crippen molar-refractivity contribution in [3.05, 3.63) is 127 Å². The third-order valence-electron chi connectivity index (χ3n) is 6.93. The van der Waals surface area contributed by atoms with Gasteiger partial charge in [-0.25, -0.2) is 4.99 Å². The lowest BCUT2D eigenvalue weighted by Gasteiger charge is -2.28. The number of para-hydroxylation sites is 2. The predicted octanol–water partition coefficient (Wildman–Crippen LogP) is 7.30. The molecular formula is C31H27N3. The second kappa shape index (κ2) is 7.74. The maximum atomic E-state index is 5.16. The first-order valence-electron chi connectivity index (χ1n) is 11.7. The Morgan fingerprint density at radius 2 is 1.59 bits per heavy atom. The van der Waals surface area contributed by atoms with Crippen molar-refractivity contribution < 1.29 is 0 Å². The SMILES string of the molecule is C=C1/C=C\C=C/C/N=C(/n2c3c(c4ccccc42)C(C)(C)c2ccccc2-3)N1c1ccccc1. The van der Waals surface area contributed by atoms with Crippen molar-refractivity contribution in [3.8, 4) is 11.3 Å². The van der Waals surface area contributed by atoms with Crippen molar-refractivity contribution in [2.75, 3.05) is 11.4 Å². The molecule has 2 aliphatic rings. The van der Waals surface area contributed by atoms with Gasteiger partial charge >= 0.3 is 0 Å². The molecule has 6 rings (SSSR count). The molecule has 3 nitrogen and oxygen atoms in total. The number of fused-ring (bicyclic) bond motifs is 5. The monoisotopic (exact) mass is 441 g/mol. The van der Waals surface area contributed by atoms with E-state index < -0.39 is 0 Å². The van der Waals surface area contributed by atoms with E-state index in [1.54, 1.807) is 0 Å². The van der Waals surface area contributed by atoms with Gasteiger partial charge in [0.25, 0.3) is 0 Å². The smallest absolute Gasteiger partial charge is 0.215 e. The molecule has 0 spiro atoms. The highest BCUT2D eigenvalue weighted by molar-refractivity contribution is 6.11. The summed E-state index contributed by atoms with van der Waals surface area (Å²) in [6, 6.07) is 27.9. The maximum Gasteiger partial charge on any atom is 0.215 e. The van der Waals surface area contributed by atoms with Crippen LogP contribution in [0.4, 0.5) is 5.69 Å². The minimum atomic E-state index is -0.107. The standard InChI is InChI=1S/C31H27N3/c1-22-14-6-5-13-21-32-30(33(22)23-15-7-4-8-16-23)34-27-20-12-10-18-25(27)28-29(34)24-17-9-11-19-26(24)31(28,2)3/h4-20H,1,21H2,2-3H3/b13-5-,14-6-,32-30+. The number of rotatable bonds is 1. The molecule has 0 atom stereocenters. The van der Waals surface area contributed by atoms with E-state index in [1.165, 1.54) is 27.8 Å². The molecule has 3 heteroatoms. The summed E-state index contributed by atoms with van der Waals surface area (Å²) in [6.07, 6.45) is 8.21. The van der Waals surface area contributed by atoms with E-state index in [0.29, 0.717) is 6.54 Å². The summed E-state index contributed by atoms with van der Waals surface area (Å²) in [4.78, 5) is 7.33. The molecule has 1 aliphatic heterocycles. The van der Waals surface area contributed by atoms with Crippen molar-refractivity contribution in [1.82, 2.24) is 4.57 Å². The van der Waals surface area contributed by atoms with Crippen LogP contribution in [0.2, 0.25) is 0 Å². The zero-order valence-electron chi connectivity index (χ0n) is 19.6. The highest BCUT2D eigenvalue weighted by Crippen LogP contribution is 2.52. The lowest BCUT2D eigenvalue weighted by molar-refractivity contribution is 0.666. The Hall–Kier alpha value is -4.11. The minimum Gasteiger partial charge on any atom is -0.281 e. The Bertz CT molecular complexity index is 1510. The first kappa shape index (κ1) is 20.5. The third kappa shape index (κ3) is 2.94. The molecule has 0 radical (unpaired) electrons. The van der Waals surface area contributed by atoms with E-state index in [9.17, 15) is 0 Å². The number of allylic oxidation sites excluding steroid dienone is 3. The Morgan fingerprint density at radius 1 is 0.853 bits per heavy atom. The lowest BCUT2D eigenvalue weighted by atomic mass is 9.81. The molecule has 0 fully saturated rings. The second-order valence-electron chi connectivity index (χ2n) is 9.34. The van der Waals surface area contributed by atoms with E-state index in [0.717, 1.165) is 22.9 Å². The van der Waals surface area contributed by atoms with Gasteiger partial charge in [-0.05, 0) is 35.4 Å². The molecule has 0 N–H and O–H groups in total. The number of hydrogen-bond donors (Lipinski definition) is 0. The first-order chi connectivity index (χ1) is 16.6. The van der Waals surface area contributed by atoms with Gasteiger partial charge in [-0.2, -0.15) is 0 Å². The summed E-state index contributed by atoms with van der Waals surface area (Å²) >= 11 is 0. The molecule has 1 aromatic heterocycles. The fourth-order valence-electron chi connectivity index (χ4n) is 5.45. The number of aromatic nitrogens is 1. The van der Waals surface area contributed by atoms with Crippen molar-refractivity contribution in [1.29, 1.82) is 0 Å². The van der Waals surface area contributed by atoms with E-state index in [2.05, 4.69) is 109 Å². The highest BCUT2D eigenvalue weighted by Gasteiger charge is 2.41. The number of benzene rings is 3. The van der Waals surface area contributed by atoms with Crippen molar-refractivity contribution in [2.45, 2.75) is 19.3 Å². The number of aliphatic imine (C=N–C) groups is 1. The van der Waals surface area contributed by atoms with E-state index in [1.807, 2.05) is 24.3 Å². The Labute approximate surface area is 200 Å². The summed E-state index contributed by atoms with van der Waals surface area (Å²) in [5.74, 6) is 0.859. The van der Waals surface area contributed by atoms with Crippen LogP contribution in [0.3, 0.4) is 0 Å². The molecular weight excluding hydrogens is 414 g/mol. The Kier molecular flexibility index (Phi) is 4.66. The normalized spacial score (nSPS) is 20.0. The molecule has 4 aromatic rings. The summed E-state index contributed by atoms with van der Waals surface area (Å²) in [7, 11) is 0. The van der Waals surface area contributed by atoms with E-state index in [4.69, 9.17) is 4.99 Å². The number of anilines is 1. The van der Waals surface area contributed by atoms with Crippen molar-refractivity contribution in [2.24, 2.45) is 4.99 Å². The van der Waals surface area contributed by atoms with Crippen LogP contribution in [0.5, 0.6) is 0 Å². The molecule has 1 aliphatic carbocycles. The van der Waals surface area contributed by atoms with Gasteiger partial charge in [0.15, 0.2) is 0 Å². The summed E-state index contributed by atoms with van der Waals surface area (Å²) in [6.45, 7) is 9.68. The van der Waals surface area contributed by atoms with Gasteiger partial charge in [0.2, 0.25) is 5.96 Å². The van der Waals surface area contributed by atoms with E-state index in [-0.39, 0.29) is 5.41 Å². The maximum absolute atomic E-state index is 5.16. The fourth-order valence-corrected chi connectivity index (χ4v) is 5.45. The second-order valence-corrected chi connectivity index (χ2v) is 9.34. The molecule has 0 bridgehead atoms. The van der Waals surface area contributed by atoms with E-state index >= 15 is 0 Å². The topological polar surface area (TPSA) is 20.5 Å². The summed E-state index contributed by atoms with van der Waals surface area (Å²) < 4.78 is 2.35. The molecule has 0 amide bonds. The van der Waals surface area contributed by atoms with Crippen molar-refractivity contribution in [3.63, 3.8) is 0 Å². The molecule has 0 unspecified atom stereocenters. The molecule has 0 saturated carbocycles. The average Bonchev–Trinajstić information content (AvgIpc) is 3.34. The van der Waals surface area contributed by atoms with Crippen LogP contribution < -0.4 is 4.90 Å². The summed E-state index contributed by atoms with van der Waals surface area (Å²) in [5, 5.41) is 1.27. The zero-order chi connectivity index (χ0) is 23.3. The minimum absolute atomic E-state index is 0.107. The van der Waals surface area contributed by atoms with Crippen LogP contribution in [-0.2, 0) is 5.41 Å². The summed E-state index contributed by atoms with van der Waals surface area (Å²) in [5.41, 5.74) is 8.17. The quantitative estimate of drug-likeness (QED) is 0.304. The van der Waals surface area contributed by atoms with Crippen LogP contribution in [0.15, 0.2) is 120 Å². The van der Waals surface area contributed by atoms with Gasteiger partial charge in [0.1, 0.15) is 0 Å². The lowest BCUT2D eigenvalue weighted by Crippen LogP contribution is -2.35. The van der Waals surface area contributed by atoms with Gasteiger partial charge in [-0.15, -0.1) is 0 Å². The fraction of sp³-hybridized carbons (Fsp3) is 0.129. The van der Waals surface area contributed by atoms with Crippen LogP contribution in [0.1, 0.15) is 25.0 Å². The largest absolute Gasteiger partial charge is 0.281 e. The molecule has 2 heterocycles. The predicted molar refractivity (Wildman–Crippen MR) is 144 cm³/mol. The van der Waals surface area contributed by atoms with Gasteiger partial charge in [-0.3, -0.25) is 9.47 Å². The van der Waals surface area contributed by atoms with Gasteiger partial charge in [-0.1, -0.05) is 99.3 Å². The number of hydrogen-bond acceptors (Lipinski definition) is 2. The van der Waals surface area contributed by atoms with Gasteiger partial charge in [0.05, 0.1) is 17.8 Å². The Balaban J connectivity index is 1.72. The molecule has 34 heavy (non-hydrogen) atoms. The zero-order valence-corrected chi connectivity index (χ0v) is 19.6. The van der Waals surface area contributed by atoms with Crippen LogP contribution >= 0.6 is 0 Å². The average molecular weight is 442 g/mol. The Morgan fingerprint density at radius 3 is 2.44 bits per heavy atom. The van der Waals surface area contributed by atoms with Crippen LogP contribution in [0, 0.1) is 0 Å². The highest BCUT2D eigenvalue weighted by atomic mass is 15.3. The molecule has 3 aromatic carbocycles. The van der Waals surface area contributed by atoms with Gasteiger partial charge < -0.3 is 0 Å². The first-order valence-corrected chi connectivity index (χ1v) is 11.7. The number of nitrogens with zero attached hydrogens (tertiary/aromatic N) is 3. The van der Waals surface area contributed by atoms with Crippen molar-refractivity contribution >= 4 is 22.5 Å². The van der Waals surface area contributed by atoms with Crippen LogP contribution in [-0.4, -0.2) is 17.1 Å². The van der Waals surface area contributed by atoms with Gasteiger partial charge in [0, 0.05) is 27.7 Å². The molecule has 0 saturated heterocycles. The molecule has 166 valence electrons. The third-order valence-corrected chi connectivity index (χ3v) is 6.93.